The van der Waals surface area contributed by atoms with E-state index < -0.39 is 0 Å². The van der Waals surface area contributed by atoms with Crippen molar-refractivity contribution < 1.29 is 9.53 Å². The second-order valence-corrected chi connectivity index (χ2v) is 5.71. The third-order valence-corrected chi connectivity index (χ3v) is 2.93. The van der Waals surface area contributed by atoms with Crippen LogP contribution in [0, 0.1) is 0 Å². The second kappa shape index (κ2) is 7.29. The van der Waals surface area contributed by atoms with Crippen molar-refractivity contribution in [2.45, 2.75) is 39.5 Å². The molecule has 3 heteroatoms. The average Bonchev–Trinajstić information content (AvgIpc) is 2.37. The first-order chi connectivity index (χ1) is 8.95. The fourth-order valence-electron chi connectivity index (χ4n) is 1.71. The van der Waals surface area contributed by atoms with Crippen LogP contribution in [0.2, 0.25) is 0 Å². The van der Waals surface area contributed by atoms with E-state index in [-0.39, 0.29) is 11.4 Å². The van der Waals surface area contributed by atoms with E-state index in [1.165, 1.54) is 5.56 Å². The van der Waals surface area contributed by atoms with Crippen LogP contribution in [-0.4, -0.2) is 25.7 Å². The topological polar surface area (TPSA) is 38.3 Å². The summed E-state index contributed by atoms with van der Waals surface area (Å²) in [5, 5.41) is 3.19. The van der Waals surface area contributed by atoms with Crippen LogP contribution in [0.3, 0.4) is 0 Å². The summed E-state index contributed by atoms with van der Waals surface area (Å²) in [7, 11) is 0. The summed E-state index contributed by atoms with van der Waals surface area (Å²) in [6.07, 6.45) is 1.09. The van der Waals surface area contributed by atoms with Crippen LogP contribution in [0.4, 0.5) is 0 Å². The predicted molar refractivity (Wildman–Crippen MR) is 78.6 cm³/mol. The first-order valence-electron chi connectivity index (χ1n) is 6.93. The van der Waals surface area contributed by atoms with Crippen molar-refractivity contribution in [1.29, 1.82) is 0 Å². The summed E-state index contributed by atoms with van der Waals surface area (Å²) < 4.78 is 5.20. The van der Waals surface area contributed by atoms with Gasteiger partial charge in [-0.25, -0.2) is 4.79 Å². The highest BCUT2D eigenvalue weighted by atomic mass is 16.5. The molecule has 19 heavy (non-hydrogen) atoms. The minimum Gasteiger partial charge on any atom is -0.461 e. The molecule has 0 saturated heterocycles. The quantitative estimate of drug-likeness (QED) is 0.633. The van der Waals surface area contributed by atoms with Crippen LogP contribution in [0.15, 0.2) is 24.3 Å². The lowest BCUT2D eigenvalue weighted by Gasteiger charge is -2.18. The van der Waals surface area contributed by atoms with Crippen LogP contribution in [0.1, 0.15) is 50.0 Å². The van der Waals surface area contributed by atoms with Crippen molar-refractivity contribution in [1.82, 2.24) is 5.32 Å². The lowest BCUT2D eigenvalue weighted by atomic mass is 9.87. The Kier molecular flexibility index (Phi) is 6.03. The van der Waals surface area contributed by atoms with E-state index in [0.29, 0.717) is 18.7 Å². The number of hydrogen-bond acceptors (Lipinski definition) is 3. The van der Waals surface area contributed by atoms with Crippen molar-refractivity contribution in [2.75, 3.05) is 19.7 Å². The maximum Gasteiger partial charge on any atom is 0.338 e. The van der Waals surface area contributed by atoms with Crippen molar-refractivity contribution in [3.63, 3.8) is 0 Å². The van der Waals surface area contributed by atoms with Crippen LogP contribution in [0.25, 0.3) is 0 Å². The number of ether oxygens (including phenoxy) is 1. The minimum atomic E-state index is -0.251. The third-order valence-electron chi connectivity index (χ3n) is 2.93. The molecular formula is C16H25NO2. The lowest BCUT2D eigenvalue weighted by Crippen LogP contribution is -2.22. The van der Waals surface area contributed by atoms with Crippen LogP contribution in [0.5, 0.6) is 0 Å². The first kappa shape index (κ1) is 15.7. The molecule has 106 valence electrons. The monoisotopic (exact) mass is 263 g/mol. The van der Waals surface area contributed by atoms with Crippen LogP contribution < -0.4 is 5.32 Å². The highest BCUT2D eigenvalue weighted by Gasteiger charge is 2.14. The largest absolute Gasteiger partial charge is 0.461 e. The fraction of sp³-hybridized carbons (Fsp3) is 0.562. The Morgan fingerprint density at radius 1 is 1.16 bits per heavy atom. The molecule has 0 unspecified atom stereocenters. The number of esters is 1. The predicted octanol–water partition coefficient (Wildman–Crippen LogP) is 3.14. The number of carbonyl (C=O) groups excluding carboxylic acids is 1. The maximum absolute atomic E-state index is 11.8. The molecule has 1 N–H and O–H groups in total. The molecule has 0 bridgehead atoms. The molecule has 1 rings (SSSR count). The summed E-state index contributed by atoms with van der Waals surface area (Å²) in [6, 6.07) is 7.66. The molecule has 0 aliphatic rings. The second-order valence-electron chi connectivity index (χ2n) is 5.71. The Bertz CT molecular complexity index is 390. The molecule has 0 aliphatic heterocycles. The van der Waals surface area contributed by atoms with E-state index in [9.17, 15) is 4.79 Å². The third kappa shape index (κ3) is 5.43. The smallest absolute Gasteiger partial charge is 0.338 e. The molecule has 1 aromatic carbocycles. The molecule has 0 spiro atoms. The van der Waals surface area contributed by atoms with E-state index in [1.807, 2.05) is 24.3 Å². The Morgan fingerprint density at radius 2 is 1.79 bits per heavy atom. The van der Waals surface area contributed by atoms with Crippen LogP contribution >= 0.6 is 0 Å². The normalized spacial score (nSPS) is 11.4. The van der Waals surface area contributed by atoms with Gasteiger partial charge >= 0.3 is 5.97 Å². The Labute approximate surface area is 116 Å². The molecule has 0 fully saturated rings. The molecule has 1 aromatic rings. The van der Waals surface area contributed by atoms with Crippen LogP contribution in [-0.2, 0) is 10.2 Å². The maximum atomic E-state index is 11.8. The highest BCUT2D eigenvalue weighted by molar-refractivity contribution is 5.89. The average molecular weight is 263 g/mol. The van der Waals surface area contributed by atoms with Crippen molar-refractivity contribution >= 4 is 5.97 Å². The van der Waals surface area contributed by atoms with Gasteiger partial charge in [0.15, 0.2) is 0 Å². The zero-order valence-corrected chi connectivity index (χ0v) is 12.5. The number of nitrogens with one attached hydrogen (secondary N) is 1. The summed E-state index contributed by atoms with van der Waals surface area (Å²) in [5.41, 5.74) is 1.93. The van der Waals surface area contributed by atoms with Gasteiger partial charge in [-0.15, -0.1) is 0 Å². The molecule has 0 aromatic heterocycles. The number of hydrogen-bond donors (Lipinski definition) is 1. The summed E-state index contributed by atoms with van der Waals surface area (Å²) in [5.74, 6) is -0.251. The van der Waals surface area contributed by atoms with Gasteiger partial charge < -0.3 is 10.1 Å². The van der Waals surface area contributed by atoms with Gasteiger partial charge in [-0.1, -0.05) is 39.8 Å². The van der Waals surface area contributed by atoms with Gasteiger partial charge in [-0.05, 0) is 36.1 Å². The molecule has 0 amide bonds. The van der Waals surface area contributed by atoms with E-state index in [0.717, 1.165) is 13.0 Å². The summed E-state index contributed by atoms with van der Waals surface area (Å²) in [4.78, 5) is 11.8. The Balaban J connectivity index is 2.45. The molecule has 0 heterocycles. The highest BCUT2D eigenvalue weighted by Crippen LogP contribution is 2.22. The Hall–Kier alpha value is -1.35. The van der Waals surface area contributed by atoms with Gasteiger partial charge in [0, 0.05) is 6.54 Å². The van der Waals surface area contributed by atoms with E-state index in [1.54, 1.807) is 0 Å². The minimum absolute atomic E-state index is 0.104. The van der Waals surface area contributed by atoms with E-state index >= 15 is 0 Å². The molecule has 0 atom stereocenters. The van der Waals surface area contributed by atoms with Gasteiger partial charge in [0.1, 0.15) is 6.61 Å². The van der Waals surface area contributed by atoms with Gasteiger partial charge in [0.2, 0.25) is 0 Å². The van der Waals surface area contributed by atoms with Gasteiger partial charge in [0.25, 0.3) is 0 Å². The Morgan fingerprint density at radius 3 is 2.32 bits per heavy atom. The zero-order valence-electron chi connectivity index (χ0n) is 12.5. The van der Waals surface area contributed by atoms with E-state index in [4.69, 9.17) is 4.74 Å². The zero-order chi connectivity index (χ0) is 14.3. The number of carbonyl (C=O) groups is 1. The van der Waals surface area contributed by atoms with Gasteiger partial charge in [-0.2, -0.15) is 0 Å². The molecule has 0 aliphatic carbocycles. The van der Waals surface area contributed by atoms with Crippen molar-refractivity contribution in [2.24, 2.45) is 0 Å². The standard InChI is InChI=1S/C16H25NO2/c1-5-10-17-11-12-19-15(18)13-6-8-14(9-7-13)16(2,3)4/h6-9,17H,5,10-12H2,1-4H3. The summed E-state index contributed by atoms with van der Waals surface area (Å²) >= 11 is 0. The fourth-order valence-corrected chi connectivity index (χ4v) is 1.71. The van der Waals surface area contributed by atoms with E-state index in [2.05, 4.69) is 33.0 Å². The van der Waals surface area contributed by atoms with Gasteiger partial charge in [-0.3, -0.25) is 0 Å². The summed E-state index contributed by atoms with van der Waals surface area (Å²) in [6.45, 7) is 10.6. The van der Waals surface area contributed by atoms with Crippen molar-refractivity contribution in [3.05, 3.63) is 35.4 Å². The molecule has 3 nitrogen and oxygen atoms in total. The molecule has 0 radical (unpaired) electrons. The lowest BCUT2D eigenvalue weighted by molar-refractivity contribution is 0.0509. The SMILES string of the molecule is CCCNCCOC(=O)c1ccc(C(C)(C)C)cc1. The van der Waals surface area contributed by atoms with Crippen molar-refractivity contribution in [3.8, 4) is 0 Å². The number of rotatable bonds is 6. The van der Waals surface area contributed by atoms with Gasteiger partial charge in [0.05, 0.1) is 5.56 Å². The molecular weight excluding hydrogens is 238 g/mol. The molecule has 0 saturated carbocycles. The number of benzene rings is 1. The first-order valence-corrected chi connectivity index (χ1v) is 6.93.